The molecule has 4 heteroatoms. The van der Waals surface area contributed by atoms with E-state index in [-0.39, 0.29) is 16.7 Å². The first-order valence-corrected chi connectivity index (χ1v) is 8.72. The van der Waals surface area contributed by atoms with Crippen LogP contribution in [0.2, 0.25) is 0 Å². The number of ether oxygens (including phenoxy) is 1. The summed E-state index contributed by atoms with van der Waals surface area (Å²) in [5, 5.41) is 0. The van der Waals surface area contributed by atoms with Crippen LogP contribution in [0.5, 0.6) is 5.75 Å². The number of hydrogen-bond donors (Lipinski definition) is 1. The van der Waals surface area contributed by atoms with E-state index >= 15 is 0 Å². The van der Waals surface area contributed by atoms with E-state index in [1.807, 2.05) is 45.0 Å². The second-order valence-electron chi connectivity index (χ2n) is 6.42. The van der Waals surface area contributed by atoms with Crippen LogP contribution in [-0.4, -0.2) is 16.1 Å². The van der Waals surface area contributed by atoms with Crippen molar-refractivity contribution in [1.29, 1.82) is 0 Å². The molecule has 1 aromatic carbocycles. The molecular weight excluding hydrogens is 294 g/mol. The molecule has 0 amide bonds. The minimum absolute atomic E-state index is 0.0150. The fourth-order valence-corrected chi connectivity index (χ4v) is 3.19. The molecule has 2 rings (SSSR count). The van der Waals surface area contributed by atoms with Gasteiger partial charge in [0, 0.05) is 5.92 Å². The van der Waals surface area contributed by atoms with Gasteiger partial charge in [-0.05, 0) is 44.9 Å². The Balaban J connectivity index is 2.27. The second-order valence-corrected chi connectivity index (χ2v) is 8.42. The van der Waals surface area contributed by atoms with Crippen molar-refractivity contribution < 1.29 is 8.95 Å². The van der Waals surface area contributed by atoms with Gasteiger partial charge in [-0.15, -0.1) is 0 Å². The van der Waals surface area contributed by atoms with Crippen molar-refractivity contribution in [2.24, 2.45) is 5.92 Å². The summed E-state index contributed by atoms with van der Waals surface area (Å²) in [7, 11) is 0.533. The van der Waals surface area contributed by atoms with Crippen molar-refractivity contribution in [2.45, 2.75) is 38.0 Å². The molecule has 22 heavy (non-hydrogen) atoms. The molecule has 0 bridgehead atoms. The van der Waals surface area contributed by atoms with Gasteiger partial charge >= 0.3 is 0 Å². The van der Waals surface area contributed by atoms with Gasteiger partial charge in [-0.2, -0.15) is 0 Å². The van der Waals surface area contributed by atoms with Crippen LogP contribution in [0.3, 0.4) is 0 Å². The normalized spacial score (nSPS) is 18.2. The quantitative estimate of drug-likeness (QED) is 0.835. The Morgan fingerprint density at radius 2 is 1.77 bits per heavy atom. The summed E-state index contributed by atoms with van der Waals surface area (Å²) in [4.78, 5) is 0. The van der Waals surface area contributed by atoms with Crippen LogP contribution in [0, 0.1) is 5.92 Å². The van der Waals surface area contributed by atoms with Gasteiger partial charge in [-0.25, -0.2) is 8.93 Å². The Labute approximate surface area is 136 Å². The summed E-state index contributed by atoms with van der Waals surface area (Å²) in [6.07, 6.45) is 9.64. The highest BCUT2D eigenvalue weighted by molar-refractivity contribution is 7.84. The maximum absolute atomic E-state index is 12.5. The minimum atomic E-state index is -1.13. The molecule has 1 unspecified atom stereocenters. The second kappa shape index (κ2) is 7.25. The van der Waals surface area contributed by atoms with Gasteiger partial charge in [0.05, 0.1) is 28.9 Å². The highest BCUT2D eigenvalue weighted by atomic mass is 32.2. The molecule has 0 saturated carbocycles. The Morgan fingerprint density at radius 3 is 2.27 bits per heavy atom. The zero-order valence-electron chi connectivity index (χ0n) is 13.7. The number of rotatable bonds is 5. The van der Waals surface area contributed by atoms with E-state index in [2.05, 4.69) is 29.0 Å². The smallest absolute Gasteiger partial charge is 0.118 e. The summed E-state index contributed by atoms with van der Waals surface area (Å²) in [5.41, 5.74) is 1.11. The lowest BCUT2D eigenvalue weighted by atomic mass is 9.90. The molecule has 2 atom stereocenters. The summed E-state index contributed by atoms with van der Waals surface area (Å²) >= 11 is 0. The minimum Gasteiger partial charge on any atom is -0.497 e. The molecule has 1 aliphatic rings. The van der Waals surface area contributed by atoms with E-state index in [4.69, 9.17) is 4.74 Å². The first-order chi connectivity index (χ1) is 10.4. The van der Waals surface area contributed by atoms with Crippen LogP contribution in [0.1, 0.15) is 38.8 Å². The maximum Gasteiger partial charge on any atom is 0.118 e. The third-order valence-corrected chi connectivity index (χ3v) is 5.22. The van der Waals surface area contributed by atoms with Crippen molar-refractivity contribution in [3.05, 3.63) is 54.1 Å². The van der Waals surface area contributed by atoms with Crippen molar-refractivity contribution in [2.75, 3.05) is 7.11 Å². The number of methoxy groups -OCH3 is 1. The summed E-state index contributed by atoms with van der Waals surface area (Å²) < 4.78 is 20.8. The molecule has 0 aromatic heterocycles. The number of nitrogens with one attached hydrogen (secondary N) is 1. The van der Waals surface area contributed by atoms with Gasteiger partial charge in [-0.1, -0.05) is 36.4 Å². The standard InChI is InChI=1S/C18H25NO2S/c1-18(2,3)22(20)19-17(14-8-6-5-7-9-14)15-10-12-16(21-4)13-11-15/h6-14,17,19H,5H2,1-4H3/t17-,22?/m0/s1. The lowest BCUT2D eigenvalue weighted by molar-refractivity contribution is 0.414. The van der Waals surface area contributed by atoms with E-state index in [9.17, 15) is 4.21 Å². The van der Waals surface area contributed by atoms with Gasteiger partial charge in [-0.3, -0.25) is 0 Å². The third-order valence-electron chi connectivity index (χ3n) is 3.64. The molecule has 3 nitrogen and oxygen atoms in total. The zero-order chi connectivity index (χ0) is 16.2. The molecule has 1 aromatic rings. The van der Waals surface area contributed by atoms with Crippen LogP contribution in [-0.2, 0) is 11.0 Å². The molecular formula is C18H25NO2S. The van der Waals surface area contributed by atoms with E-state index in [0.29, 0.717) is 0 Å². The fourth-order valence-electron chi connectivity index (χ4n) is 2.31. The summed E-state index contributed by atoms with van der Waals surface area (Å²) in [6, 6.07) is 7.94. The molecule has 0 heterocycles. The van der Waals surface area contributed by atoms with Crippen LogP contribution in [0.4, 0.5) is 0 Å². The zero-order valence-corrected chi connectivity index (χ0v) is 14.5. The van der Waals surface area contributed by atoms with Gasteiger partial charge in [0.2, 0.25) is 0 Å². The van der Waals surface area contributed by atoms with Gasteiger partial charge < -0.3 is 4.74 Å². The summed E-state index contributed by atoms with van der Waals surface area (Å²) in [5.74, 6) is 1.03. The Kier molecular flexibility index (Phi) is 5.59. The maximum atomic E-state index is 12.5. The van der Waals surface area contributed by atoms with Gasteiger partial charge in [0.25, 0.3) is 0 Å². The SMILES string of the molecule is COc1ccc([C@@H](NS(=O)C(C)(C)C)C2C=CCC=C2)cc1. The molecule has 0 spiro atoms. The fraction of sp³-hybridized carbons (Fsp3) is 0.444. The number of allylic oxidation sites excluding steroid dienone is 2. The largest absolute Gasteiger partial charge is 0.497 e. The predicted octanol–water partition coefficient (Wildman–Crippen LogP) is 3.92. The van der Waals surface area contributed by atoms with Gasteiger partial charge in [0.15, 0.2) is 0 Å². The lowest BCUT2D eigenvalue weighted by Gasteiger charge is -2.28. The van der Waals surface area contributed by atoms with Crippen molar-refractivity contribution in [1.82, 2.24) is 4.72 Å². The molecule has 0 radical (unpaired) electrons. The topological polar surface area (TPSA) is 38.3 Å². The molecule has 0 fully saturated rings. The van der Waals surface area contributed by atoms with E-state index < -0.39 is 11.0 Å². The monoisotopic (exact) mass is 319 g/mol. The Morgan fingerprint density at radius 1 is 1.18 bits per heavy atom. The Hall–Kier alpha value is -1.39. The van der Waals surface area contributed by atoms with Crippen LogP contribution in [0.15, 0.2) is 48.6 Å². The molecule has 1 aliphatic carbocycles. The first kappa shape index (κ1) is 17.0. The van der Waals surface area contributed by atoms with Gasteiger partial charge in [0.1, 0.15) is 5.75 Å². The number of benzene rings is 1. The van der Waals surface area contributed by atoms with Crippen LogP contribution >= 0.6 is 0 Å². The molecule has 0 saturated heterocycles. The van der Waals surface area contributed by atoms with E-state index in [0.717, 1.165) is 17.7 Å². The van der Waals surface area contributed by atoms with Crippen molar-refractivity contribution >= 4 is 11.0 Å². The number of hydrogen-bond acceptors (Lipinski definition) is 2. The predicted molar refractivity (Wildman–Crippen MR) is 93.2 cm³/mol. The van der Waals surface area contributed by atoms with Crippen molar-refractivity contribution in [3.8, 4) is 5.75 Å². The van der Waals surface area contributed by atoms with Crippen molar-refractivity contribution in [3.63, 3.8) is 0 Å². The lowest BCUT2D eigenvalue weighted by Crippen LogP contribution is -2.38. The molecule has 120 valence electrons. The average molecular weight is 319 g/mol. The highest BCUT2D eigenvalue weighted by Gasteiger charge is 2.27. The summed E-state index contributed by atoms with van der Waals surface area (Å²) in [6.45, 7) is 5.94. The van der Waals surface area contributed by atoms with Crippen LogP contribution in [0.25, 0.3) is 0 Å². The van der Waals surface area contributed by atoms with Crippen LogP contribution < -0.4 is 9.46 Å². The molecule has 1 N–H and O–H groups in total. The Bertz CT molecular complexity index is 558. The third kappa shape index (κ3) is 4.31. The highest BCUT2D eigenvalue weighted by Crippen LogP contribution is 2.29. The first-order valence-electron chi connectivity index (χ1n) is 7.57. The molecule has 0 aliphatic heterocycles. The van der Waals surface area contributed by atoms with E-state index in [1.165, 1.54) is 0 Å². The average Bonchev–Trinajstić information content (AvgIpc) is 2.52. The van der Waals surface area contributed by atoms with E-state index in [1.54, 1.807) is 7.11 Å².